The Balaban J connectivity index is 0.899. The number of phenolic OH excluding ortho intramolecular Hbond substituents is 3. The number of nitrogens with zero attached hydrogens (tertiary/aromatic N) is 1. The van der Waals surface area contributed by atoms with Crippen molar-refractivity contribution in [1.29, 1.82) is 0 Å². The van der Waals surface area contributed by atoms with Crippen LogP contribution in [0, 0.1) is 35.5 Å². The number of hydrogen-bond acceptors (Lipinski definition) is 11. The first-order chi connectivity index (χ1) is 42.0. The Bertz CT molecular complexity index is 3780. The molecular weight excluding hydrogens is 1070 g/mol. The predicted octanol–water partition coefficient (Wildman–Crippen LogP) is 12.1. The Morgan fingerprint density at radius 3 is 2.52 bits per heavy atom. The third kappa shape index (κ3) is 9.76. The number of ether oxygens (including phenoxy) is 4. The highest BCUT2D eigenvalue weighted by Crippen LogP contribution is 2.64. The maximum absolute atomic E-state index is 12.4. The molecule has 6 aliphatic heterocycles. The third-order valence-electron chi connectivity index (χ3n) is 21.8. The maximum Gasteiger partial charge on any atom is 0.168 e. The van der Waals surface area contributed by atoms with Gasteiger partial charge in [-0.3, -0.25) is 5.32 Å². The molecule has 1 unspecified atom stereocenters. The lowest BCUT2D eigenvalue weighted by Gasteiger charge is -2.63. The number of aryl methyl sites for hydroxylation is 3. The van der Waals surface area contributed by atoms with Gasteiger partial charge in [0.1, 0.15) is 36.3 Å². The summed E-state index contributed by atoms with van der Waals surface area (Å²) in [5.41, 5.74) is 14.7. The quantitative estimate of drug-likeness (QED) is 0.0725. The van der Waals surface area contributed by atoms with Gasteiger partial charge in [0.15, 0.2) is 11.5 Å². The van der Waals surface area contributed by atoms with Gasteiger partial charge in [0, 0.05) is 83.0 Å². The van der Waals surface area contributed by atoms with E-state index in [1.807, 2.05) is 24.3 Å². The molecule has 10 aliphatic rings. The van der Waals surface area contributed by atoms with Crippen LogP contribution in [0.2, 0.25) is 0 Å². The molecule has 1 spiro atoms. The van der Waals surface area contributed by atoms with Crippen molar-refractivity contribution in [2.24, 2.45) is 23.7 Å². The number of benzene rings is 5. The molecule has 16 rings (SSSR count). The molecule has 86 heavy (non-hydrogen) atoms. The normalized spacial score (nSPS) is 28.2. The number of nitrogens with one attached hydrogen (secondary N) is 2. The first kappa shape index (κ1) is 55.7. The Morgan fingerprint density at radius 1 is 0.814 bits per heavy atom. The van der Waals surface area contributed by atoms with E-state index in [1.54, 1.807) is 36.9 Å². The topological polar surface area (TPSA) is 167 Å². The summed E-state index contributed by atoms with van der Waals surface area (Å²) >= 11 is 0. The summed E-state index contributed by atoms with van der Waals surface area (Å²) in [6.45, 7) is 0.947. The number of aliphatic hydroxyl groups excluding tert-OH is 2. The number of rotatable bonds is 8. The van der Waals surface area contributed by atoms with E-state index in [9.17, 15) is 25.5 Å². The number of aromatic nitrogens is 1. The number of aliphatic hydroxyl groups is 2. The minimum absolute atomic E-state index is 0.0136. The Kier molecular flexibility index (Phi) is 14.7. The molecule has 2 saturated heterocycles. The van der Waals surface area contributed by atoms with Gasteiger partial charge >= 0.3 is 0 Å². The van der Waals surface area contributed by atoms with E-state index in [0.29, 0.717) is 42.4 Å². The van der Waals surface area contributed by atoms with Crippen LogP contribution in [0.5, 0.6) is 23.0 Å². The summed E-state index contributed by atoms with van der Waals surface area (Å²) < 4.78 is 30.0. The van der Waals surface area contributed by atoms with Crippen molar-refractivity contribution in [2.75, 3.05) is 20.3 Å². The molecule has 5 aromatic carbocycles. The Morgan fingerprint density at radius 2 is 1.67 bits per heavy atom. The van der Waals surface area contributed by atoms with Crippen LogP contribution in [0.4, 0.5) is 0 Å². The largest absolute Gasteiger partial charge is 0.508 e. The highest BCUT2D eigenvalue weighted by molar-refractivity contribution is 5.89. The minimum Gasteiger partial charge on any atom is -0.508 e. The zero-order valence-corrected chi connectivity index (χ0v) is 49.5. The van der Waals surface area contributed by atoms with Crippen molar-refractivity contribution >= 4 is 22.7 Å². The number of methoxy groups -OCH3 is 1. The molecule has 3 fully saturated rings. The van der Waals surface area contributed by atoms with E-state index in [2.05, 4.69) is 81.9 Å². The molecule has 8 bridgehead atoms. The molecular formula is C74H81N3O9. The highest BCUT2D eigenvalue weighted by Gasteiger charge is 2.63. The molecule has 4 aliphatic carbocycles. The Labute approximate surface area is 504 Å². The second-order valence-electron chi connectivity index (χ2n) is 26.6. The monoisotopic (exact) mass is 1160 g/mol. The van der Waals surface area contributed by atoms with Gasteiger partial charge in [-0.1, -0.05) is 91.8 Å². The van der Waals surface area contributed by atoms with Crippen molar-refractivity contribution in [3.8, 4) is 34.8 Å². The average Bonchev–Trinajstić information content (AvgIpc) is 0.770. The smallest absolute Gasteiger partial charge is 0.168 e. The van der Waals surface area contributed by atoms with Gasteiger partial charge < -0.3 is 54.4 Å². The van der Waals surface area contributed by atoms with Crippen LogP contribution in [-0.2, 0) is 64.9 Å². The number of aromatic hydroxyl groups is 3. The summed E-state index contributed by atoms with van der Waals surface area (Å²) in [4.78, 5) is 0. The second kappa shape index (κ2) is 22.7. The summed E-state index contributed by atoms with van der Waals surface area (Å²) in [5, 5.41) is 66.5. The zero-order valence-electron chi connectivity index (χ0n) is 49.5. The number of fused-ring (bicyclic) bond motifs is 4. The van der Waals surface area contributed by atoms with Crippen LogP contribution >= 0.6 is 0 Å². The van der Waals surface area contributed by atoms with E-state index in [-0.39, 0.29) is 78.4 Å². The van der Waals surface area contributed by atoms with Crippen LogP contribution in [-0.4, -0.2) is 80.6 Å². The van der Waals surface area contributed by atoms with Gasteiger partial charge in [-0.25, -0.2) is 0 Å². The minimum atomic E-state index is -0.757. The highest BCUT2D eigenvalue weighted by atomic mass is 16.5. The molecule has 7 N–H and O–H groups in total. The van der Waals surface area contributed by atoms with Crippen molar-refractivity contribution in [3.05, 3.63) is 175 Å². The summed E-state index contributed by atoms with van der Waals surface area (Å²) in [6.07, 6.45) is 24.1. The predicted molar refractivity (Wildman–Crippen MR) is 332 cm³/mol. The van der Waals surface area contributed by atoms with Crippen LogP contribution in [0.25, 0.3) is 22.7 Å². The van der Waals surface area contributed by atoms with E-state index in [1.165, 1.54) is 41.5 Å². The van der Waals surface area contributed by atoms with Crippen molar-refractivity contribution in [3.63, 3.8) is 0 Å². The average molecular weight is 1160 g/mol. The number of hydrogen-bond donors (Lipinski definition) is 7. The van der Waals surface area contributed by atoms with Gasteiger partial charge in [-0.15, -0.1) is 0 Å². The molecule has 0 radical (unpaired) electrons. The molecule has 6 aromatic rings. The van der Waals surface area contributed by atoms with Crippen molar-refractivity contribution in [2.45, 2.75) is 171 Å². The zero-order chi connectivity index (χ0) is 58.3. The van der Waals surface area contributed by atoms with Crippen LogP contribution in [0.15, 0.2) is 114 Å². The fraction of sp³-hybridized carbons (Fsp3) is 0.459. The number of phenols is 3. The van der Waals surface area contributed by atoms with E-state index in [4.69, 9.17) is 18.9 Å². The summed E-state index contributed by atoms with van der Waals surface area (Å²) in [7, 11) is 1.77. The van der Waals surface area contributed by atoms with E-state index < -0.39 is 6.10 Å². The summed E-state index contributed by atoms with van der Waals surface area (Å²) in [5.74, 6) is 9.85. The molecule has 9 atom stereocenters. The lowest BCUT2D eigenvalue weighted by Crippen LogP contribution is -2.64. The molecule has 7 heterocycles. The van der Waals surface area contributed by atoms with E-state index in [0.717, 1.165) is 151 Å². The molecule has 0 amide bonds. The second-order valence-corrected chi connectivity index (χ2v) is 26.6. The summed E-state index contributed by atoms with van der Waals surface area (Å²) in [6, 6.07) is 26.9. The van der Waals surface area contributed by atoms with Crippen molar-refractivity contribution < 1.29 is 44.5 Å². The van der Waals surface area contributed by atoms with Crippen LogP contribution < -0.4 is 15.4 Å². The Hall–Kier alpha value is -6.82. The van der Waals surface area contributed by atoms with Crippen LogP contribution in [0.1, 0.15) is 151 Å². The van der Waals surface area contributed by atoms with E-state index >= 15 is 0 Å². The van der Waals surface area contributed by atoms with Gasteiger partial charge in [0.05, 0.1) is 37.6 Å². The SMILES string of the molecule is CO[C@H]1CCC2=C3C#C[C@@H](CCc4ccc(O)c(Cc5cccc(O)c5)c4)CCC[C@H]4C[C@H](O)[C@H]5C=Cc6c(c(CO)cc(O)c6OCc6cc([C@]78c9c%10cccc9CC[C@H]7C7(CCCCC7)OC[C@H]8CC%10)cc7cn(cc67)C(=C3CO4)NC2N1)C5. The molecule has 12 heteroatoms. The standard InChI is InChI=1S/C74H81N3O9/c1-83-68-27-24-60-58-22-16-44(14-15-45-17-25-64(80)50(30-45)31-46-9-5-12-56(79)32-46)8-6-13-57-37-65(81)49-19-23-59-61(35-49)52(40-78)36-66(82)70(59)85-41-53-34-55(33-51-38-77(39-62(51)53)72(63(58)43-84-57)76-71(60)75-68)74-54-21-18-47-10-7-11-48(69(47)74)20-26-67(74)73(86-42-54)28-3-2-4-29-73/h5,7,9-12,17,19,23,25,30,32-34,36,38-39,44,49,54,57,65,67-68,71,75-76,78-82H,2-4,6,8,13-15,18,20-21,24,26-29,31,35,37,40-43H2,1H3/t44-,49+,54-,57+,65+,67+,68+,71?,74+/m1/s1. The lowest BCUT2D eigenvalue weighted by atomic mass is 9.45. The molecule has 1 saturated carbocycles. The molecule has 1 aromatic heterocycles. The molecule has 12 nitrogen and oxygen atoms in total. The van der Waals surface area contributed by atoms with Crippen LogP contribution in [0.3, 0.4) is 0 Å². The van der Waals surface area contributed by atoms with Crippen molar-refractivity contribution in [1.82, 2.24) is 15.2 Å². The molecule has 446 valence electrons. The van der Waals surface area contributed by atoms with Gasteiger partial charge in [-0.2, -0.15) is 0 Å². The van der Waals surface area contributed by atoms with Gasteiger partial charge in [-0.05, 0) is 187 Å². The lowest BCUT2D eigenvalue weighted by molar-refractivity contribution is -0.193. The first-order valence-electron chi connectivity index (χ1n) is 32.2. The van der Waals surface area contributed by atoms with Gasteiger partial charge in [0.2, 0.25) is 0 Å². The fourth-order valence-corrected chi connectivity index (χ4v) is 17.6. The third-order valence-corrected chi connectivity index (χ3v) is 21.8. The number of dihydropyridines is 1. The number of piperidine rings is 1. The maximum atomic E-state index is 12.4. The van der Waals surface area contributed by atoms with Gasteiger partial charge in [0.25, 0.3) is 0 Å². The first-order valence-corrected chi connectivity index (χ1v) is 32.2. The fourth-order valence-electron chi connectivity index (χ4n) is 17.6.